The van der Waals surface area contributed by atoms with Gasteiger partial charge in [-0.2, -0.15) is 0 Å². The lowest BCUT2D eigenvalue weighted by Crippen LogP contribution is -2.27. The standard InChI is InChI=1S/2C16H28.C15H26O/c2*1-3-4-14-7-11-16(12-8-14)15-9-5-13(2)6-10-15;1-2-3-12-4-6-13(7-5-12)14-8-10-15(16)11-9-14/h2*3-4,13-16H,5-12H2,1-2H3;2-3,12-16H,4-11H2,1H3/b2*4-3+;3-2+. The zero-order chi connectivity index (χ0) is 34.1. The van der Waals surface area contributed by atoms with Crippen LogP contribution < -0.4 is 0 Å². The van der Waals surface area contributed by atoms with Crippen LogP contribution in [0.5, 0.6) is 0 Å². The van der Waals surface area contributed by atoms with E-state index in [9.17, 15) is 5.11 Å². The highest BCUT2D eigenvalue weighted by molar-refractivity contribution is 4.93. The van der Waals surface area contributed by atoms with Crippen molar-refractivity contribution in [3.63, 3.8) is 0 Å². The normalized spacial score (nSPS) is 41.4. The molecule has 0 aliphatic heterocycles. The first-order valence-electron chi connectivity index (χ1n) is 21.9. The minimum absolute atomic E-state index is 0.00983. The van der Waals surface area contributed by atoms with Crippen molar-refractivity contribution in [2.24, 2.45) is 65.1 Å². The molecule has 6 aliphatic carbocycles. The second kappa shape index (κ2) is 22.2. The molecule has 0 bridgehead atoms. The molecule has 48 heavy (non-hydrogen) atoms. The number of hydrogen-bond donors (Lipinski definition) is 1. The second-order valence-electron chi connectivity index (χ2n) is 18.2. The summed E-state index contributed by atoms with van der Waals surface area (Å²) in [5, 5.41) is 9.53. The lowest BCUT2D eigenvalue weighted by atomic mass is 9.69. The van der Waals surface area contributed by atoms with Crippen LogP contribution in [0.4, 0.5) is 0 Å². The van der Waals surface area contributed by atoms with Gasteiger partial charge in [0.1, 0.15) is 0 Å². The zero-order valence-corrected chi connectivity index (χ0v) is 32.8. The molecule has 6 saturated carbocycles. The first kappa shape index (κ1) is 40.0. The van der Waals surface area contributed by atoms with Gasteiger partial charge in [0.2, 0.25) is 0 Å². The van der Waals surface area contributed by atoms with E-state index >= 15 is 0 Å². The summed E-state index contributed by atoms with van der Waals surface area (Å²) in [4.78, 5) is 0. The molecule has 276 valence electrons. The van der Waals surface area contributed by atoms with Gasteiger partial charge in [-0.15, -0.1) is 0 Å². The average molecular weight is 663 g/mol. The monoisotopic (exact) mass is 663 g/mol. The summed E-state index contributed by atoms with van der Waals surface area (Å²) in [7, 11) is 0. The third kappa shape index (κ3) is 13.7. The average Bonchev–Trinajstić information content (AvgIpc) is 3.12. The van der Waals surface area contributed by atoms with E-state index in [4.69, 9.17) is 0 Å². The Morgan fingerprint density at radius 2 is 0.521 bits per heavy atom. The molecule has 6 fully saturated rings. The van der Waals surface area contributed by atoms with Crippen LogP contribution in [0.3, 0.4) is 0 Å². The van der Waals surface area contributed by atoms with Crippen LogP contribution in [0.25, 0.3) is 0 Å². The van der Waals surface area contributed by atoms with Crippen LogP contribution in [0, 0.1) is 65.1 Å². The summed E-state index contributed by atoms with van der Waals surface area (Å²) in [6, 6.07) is 0. The molecule has 1 N–H and O–H groups in total. The van der Waals surface area contributed by atoms with Crippen LogP contribution in [0.1, 0.15) is 189 Å². The van der Waals surface area contributed by atoms with Gasteiger partial charge >= 0.3 is 0 Å². The lowest BCUT2D eigenvalue weighted by Gasteiger charge is -2.36. The molecule has 0 spiro atoms. The maximum Gasteiger partial charge on any atom is 0.0540 e. The molecule has 1 heteroatoms. The summed E-state index contributed by atoms with van der Waals surface area (Å²) in [5.74, 6) is 10.9. The highest BCUT2D eigenvalue weighted by Crippen LogP contribution is 2.43. The predicted octanol–water partition coefficient (Wildman–Crippen LogP) is 14.3. The van der Waals surface area contributed by atoms with Crippen LogP contribution in [0.2, 0.25) is 0 Å². The Bertz CT molecular complexity index is 762. The molecule has 0 amide bonds. The maximum atomic E-state index is 9.53. The molecule has 0 saturated heterocycles. The Morgan fingerprint density at radius 1 is 0.312 bits per heavy atom. The number of allylic oxidation sites excluding steroid dienone is 6. The molecule has 1 nitrogen and oxygen atoms in total. The second-order valence-corrected chi connectivity index (χ2v) is 18.2. The van der Waals surface area contributed by atoms with E-state index in [1.165, 1.54) is 141 Å². The van der Waals surface area contributed by atoms with Gasteiger partial charge in [0.05, 0.1) is 6.10 Å². The van der Waals surface area contributed by atoms with Crippen molar-refractivity contribution in [2.45, 2.75) is 195 Å². The Kier molecular flexibility index (Phi) is 18.5. The van der Waals surface area contributed by atoms with Crippen molar-refractivity contribution in [1.29, 1.82) is 0 Å². The van der Waals surface area contributed by atoms with E-state index < -0.39 is 0 Å². The van der Waals surface area contributed by atoms with Gasteiger partial charge in [-0.05, 0) is 214 Å². The summed E-state index contributed by atoms with van der Waals surface area (Å²) in [6.45, 7) is 11.3. The summed E-state index contributed by atoms with van der Waals surface area (Å²) >= 11 is 0. The van der Waals surface area contributed by atoms with Gasteiger partial charge in [-0.25, -0.2) is 0 Å². The van der Waals surface area contributed by atoms with E-state index in [0.717, 1.165) is 77.9 Å². The Labute approximate surface area is 300 Å². The third-order valence-electron chi connectivity index (χ3n) is 14.7. The Balaban J connectivity index is 0.000000163. The molecule has 0 heterocycles. The minimum Gasteiger partial charge on any atom is -0.393 e. The van der Waals surface area contributed by atoms with Gasteiger partial charge in [0.15, 0.2) is 0 Å². The Hall–Kier alpha value is -0.820. The minimum atomic E-state index is 0.00983. The van der Waals surface area contributed by atoms with E-state index in [0.29, 0.717) is 0 Å². The van der Waals surface area contributed by atoms with Crippen LogP contribution in [0.15, 0.2) is 36.5 Å². The smallest absolute Gasteiger partial charge is 0.0540 e. The highest BCUT2D eigenvalue weighted by atomic mass is 16.3. The number of aliphatic hydroxyl groups excluding tert-OH is 1. The van der Waals surface area contributed by atoms with Gasteiger partial charge in [0, 0.05) is 0 Å². The van der Waals surface area contributed by atoms with Gasteiger partial charge in [-0.3, -0.25) is 0 Å². The van der Waals surface area contributed by atoms with E-state index in [1.54, 1.807) is 0 Å². The van der Waals surface area contributed by atoms with Gasteiger partial charge < -0.3 is 5.11 Å². The van der Waals surface area contributed by atoms with Crippen molar-refractivity contribution >= 4 is 0 Å². The van der Waals surface area contributed by atoms with E-state index in [1.807, 2.05) is 0 Å². The molecular weight excluding hydrogens is 581 g/mol. The zero-order valence-electron chi connectivity index (χ0n) is 32.8. The summed E-state index contributed by atoms with van der Waals surface area (Å²) in [6.07, 6.45) is 48.2. The molecule has 0 aromatic heterocycles. The summed E-state index contributed by atoms with van der Waals surface area (Å²) < 4.78 is 0. The highest BCUT2D eigenvalue weighted by Gasteiger charge is 2.31. The topological polar surface area (TPSA) is 20.2 Å². The fraction of sp³-hybridized carbons (Fsp3) is 0.872. The maximum absolute atomic E-state index is 9.53. The molecule has 6 rings (SSSR count). The van der Waals surface area contributed by atoms with Crippen LogP contribution >= 0.6 is 0 Å². The fourth-order valence-corrected chi connectivity index (χ4v) is 11.3. The molecule has 0 atom stereocenters. The lowest BCUT2D eigenvalue weighted by molar-refractivity contribution is 0.0793. The van der Waals surface area contributed by atoms with Gasteiger partial charge in [-0.1, -0.05) is 76.0 Å². The van der Waals surface area contributed by atoms with Crippen LogP contribution in [-0.4, -0.2) is 11.2 Å². The van der Waals surface area contributed by atoms with Crippen molar-refractivity contribution in [1.82, 2.24) is 0 Å². The third-order valence-corrected chi connectivity index (χ3v) is 14.7. The van der Waals surface area contributed by atoms with E-state index in [-0.39, 0.29) is 6.10 Å². The van der Waals surface area contributed by atoms with Gasteiger partial charge in [0.25, 0.3) is 0 Å². The molecule has 0 unspecified atom stereocenters. The number of rotatable bonds is 6. The summed E-state index contributed by atoms with van der Waals surface area (Å²) in [5.41, 5.74) is 0. The van der Waals surface area contributed by atoms with E-state index in [2.05, 4.69) is 71.1 Å². The van der Waals surface area contributed by atoms with Crippen molar-refractivity contribution < 1.29 is 5.11 Å². The molecule has 6 aliphatic rings. The fourth-order valence-electron chi connectivity index (χ4n) is 11.3. The number of aliphatic hydroxyl groups is 1. The largest absolute Gasteiger partial charge is 0.393 e. The molecule has 0 aromatic carbocycles. The molecule has 0 radical (unpaired) electrons. The molecular formula is C47H82O. The Morgan fingerprint density at radius 3 is 0.750 bits per heavy atom. The van der Waals surface area contributed by atoms with Crippen molar-refractivity contribution in [2.75, 3.05) is 0 Å². The quantitative estimate of drug-likeness (QED) is 0.281. The first-order chi connectivity index (χ1) is 23.4. The SMILES string of the molecule is C/C=C/C1CCC(C2CCC(C)CC2)CC1.C/C=C/C1CCC(C2CCC(C)CC2)CC1.C/C=C/C1CCC(C2CCC(O)CC2)CC1. The first-order valence-corrected chi connectivity index (χ1v) is 21.9. The van der Waals surface area contributed by atoms with Crippen LogP contribution in [-0.2, 0) is 0 Å². The van der Waals surface area contributed by atoms with Crippen molar-refractivity contribution in [3.8, 4) is 0 Å². The number of hydrogen-bond acceptors (Lipinski definition) is 1. The molecule has 0 aromatic rings. The van der Waals surface area contributed by atoms with Crippen molar-refractivity contribution in [3.05, 3.63) is 36.5 Å². The predicted molar refractivity (Wildman–Crippen MR) is 211 cm³/mol.